The van der Waals surface area contributed by atoms with Gasteiger partial charge in [0.25, 0.3) is 0 Å². The van der Waals surface area contributed by atoms with Crippen molar-refractivity contribution in [1.29, 1.82) is 0 Å². The van der Waals surface area contributed by atoms with Crippen molar-refractivity contribution < 1.29 is 4.79 Å². The molecule has 4 nitrogen and oxygen atoms in total. The SMILES string of the molecule is Cc1ccsc1CN(C)C(=O)CSc1ncnc2ccccc12. The van der Waals surface area contributed by atoms with Crippen LogP contribution in [0.2, 0.25) is 0 Å². The Bertz CT molecular complexity index is 826. The van der Waals surface area contributed by atoms with Crippen LogP contribution in [0.15, 0.2) is 47.1 Å². The number of fused-ring (bicyclic) bond motifs is 1. The number of carbonyl (C=O) groups is 1. The Kier molecular flexibility index (Phi) is 4.93. The quantitative estimate of drug-likeness (QED) is 0.523. The molecule has 3 rings (SSSR count). The first-order chi connectivity index (χ1) is 11.1. The molecule has 118 valence electrons. The van der Waals surface area contributed by atoms with E-state index in [1.807, 2.05) is 31.3 Å². The van der Waals surface area contributed by atoms with Gasteiger partial charge in [-0.15, -0.1) is 11.3 Å². The molecule has 0 fully saturated rings. The highest BCUT2D eigenvalue weighted by molar-refractivity contribution is 8.00. The molecule has 0 aliphatic heterocycles. The predicted octanol–water partition coefficient (Wildman–Crippen LogP) is 3.75. The zero-order valence-corrected chi connectivity index (χ0v) is 14.7. The number of para-hydroxylation sites is 1. The number of nitrogens with zero attached hydrogens (tertiary/aromatic N) is 3. The molecule has 0 atom stereocenters. The summed E-state index contributed by atoms with van der Waals surface area (Å²) in [6.45, 7) is 2.74. The van der Waals surface area contributed by atoms with E-state index in [0.29, 0.717) is 12.3 Å². The number of aromatic nitrogens is 2. The molecule has 6 heteroatoms. The molecular weight excluding hydrogens is 326 g/mol. The summed E-state index contributed by atoms with van der Waals surface area (Å²) >= 11 is 3.15. The monoisotopic (exact) mass is 343 g/mol. The minimum Gasteiger partial charge on any atom is -0.340 e. The van der Waals surface area contributed by atoms with Crippen molar-refractivity contribution >= 4 is 39.9 Å². The number of rotatable bonds is 5. The maximum atomic E-state index is 12.4. The molecule has 2 heterocycles. The molecule has 1 amide bonds. The number of amides is 1. The van der Waals surface area contributed by atoms with Gasteiger partial charge in [-0.3, -0.25) is 4.79 Å². The maximum Gasteiger partial charge on any atom is 0.233 e. The normalized spacial score (nSPS) is 10.9. The van der Waals surface area contributed by atoms with Crippen LogP contribution in [0.1, 0.15) is 10.4 Å². The zero-order valence-electron chi connectivity index (χ0n) is 13.0. The summed E-state index contributed by atoms with van der Waals surface area (Å²) in [7, 11) is 1.85. The standard InChI is InChI=1S/C17H17N3OS2/c1-12-7-8-22-15(12)9-20(2)16(21)10-23-17-13-5-3-4-6-14(13)18-11-19-17/h3-8,11H,9-10H2,1-2H3. The lowest BCUT2D eigenvalue weighted by Crippen LogP contribution is -2.27. The molecule has 0 bridgehead atoms. The minimum absolute atomic E-state index is 0.102. The molecule has 0 N–H and O–H groups in total. The molecule has 0 aliphatic carbocycles. The molecule has 0 saturated carbocycles. The number of hydrogen-bond donors (Lipinski definition) is 0. The fraction of sp³-hybridized carbons (Fsp3) is 0.235. The molecule has 0 aliphatic rings. The van der Waals surface area contributed by atoms with Crippen LogP contribution >= 0.6 is 23.1 Å². The highest BCUT2D eigenvalue weighted by Crippen LogP contribution is 2.24. The fourth-order valence-electron chi connectivity index (χ4n) is 2.21. The Morgan fingerprint density at radius 2 is 2.09 bits per heavy atom. The molecule has 2 aromatic heterocycles. The molecule has 1 aromatic carbocycles. The van der Waals surface area contributed by atoms with E-state index in [4.69, 9.17) is 0 Å². The Labute approximate surface area is 143 Å². The Morgan fingerprint density at radius 3 is 2.87 bits per heavy atom. The number of thioether (sulfide) groups is 1. The van der Waals surface area contributed by atoms with Crippen LogP contribution in [0.4, 0.5) is 0 Å². The van der Waals surface area contributed by atoms with Gasteiger partial charge in [0.15, 0.2) is 0 Å². The molecule has 0 spiro atoms. The van der Waals surface area contributed by atoms with E-state index in [-0.39, 0.29) is 5.91 Å². The first-order valence-electron chi connectivity index (χ1n) is 7.24. The number of thiophene rings is 1. The van der Waals surface area contributed by atoms with E-state index < -0.39 is 0 Å². The van der Waals surface area contributed by atoms with Gasteiger partial charge >= 0.3 is 0 Å². The van der Waals surface area contributed by atoms with E-state index in [0.717, 1.165) is 15.9 Å². The van der Waals surface area contributed by atoms with Crippen LogP contribution in [0.5, 0.6) is 0 Å². The van der Waals surface area contributed by atoms with E-state index in [9.17, 15) is 4.79 Å². The fourth-order valence-corrected chi connectivity index (χ4v) is 4.09. The Balaban J connectivity index is 1.65. The third kappa shape index (κ3) is 3.71. The van der Waals surface area contributed by atoms with Crippen LogP contribution in [0.3, 0.4) is 0 Å². The second-order valence-electron chi connectivity index (χ2n) is 5.26. The van der Waals surface area contributed by atoms with Gasteiger partial charge in [-0.1, -0.05) is 30.0 Å². The van der Waals surface area contributed by atoms with Crippen LogP contribution in [-0.2, 0) is 11.3 Å². The second kappa shape index (κ2) is 7.10. The van der Waals surface area contributed by atoms with E-state index >= 15 is 0 Å². The maximum absolute atomic E-state index is 12.4. The van der Waals surface area contributed by atoms with E-state index in [1.54, 1.807) is 22.6 Å². The summed E-state index contributed by atoms with van der Waals surface area (Å²) in [5, 5.41) is 3.90. The summed E-state index contributed by atoms with van der Waals surface area (Å²) < 4.78 is 0. The number of benzene rings is 1. The molecule has 3 aromatic rings. The lowest BCUT2D eigenvalue weighted by atomic mass is 10.2. The third-order valence-electron chi connectivity index (χ3n) is 3.61. The summed E-state index contributed by atoms with van der Waals surface area (Å²) in [6, 6.07) is 9.94. The molecular formula is C17H17N3OS2. The number of hydrogen-bond acceptors (Lipinski definition) is 5. The van der Waals surface area contributed by atoms with Gasteiger partial charge in [0, 0.05) is 17.3 Å². The summed E-state index contributed by atoms with van der Waals surface area (Å²) in [5.74, 6) is 0.479. The van der Waals surface area contributed by atoms with Crippen LogP contribution in [0.25, 0.3) is 10.9 Å². The van der Waals surface area contributed by atoms with Crippen molar-refractivity contribution in [2.75, 3.05) is 12.8 Å². The summed E-state index contributed by atoms with van der Waals surface area (Å²) in [6.07, 6.45) is 1.55. The summed E-state index contributed by atoms with van der Waals surface area (Å²) in [5.41, 5.74) is 2.14. The van der Waals surface area contributed by atoms with Crippen LogP contribution < -0.4 is 0 Å². The minimum atomic E-state index is 0.102. The Hall–Kier alpha value is -1.92. The van der Waals surface area contributed by atoms with Gasteiger partial charge in [0.1, 0.15) is 11.4 Å². The van der Waals surface area contributed by atoms with Crippen molar-refractivity contribution in [2.24, 2.45) is 0 Å². The first kappa shape index (κ1) is 16.0. The second-order valence-corrected chi connectivity index (χ2v) is 7.23. The summed E-state index contributed by atoms with van der Waals surface area (Å²) in [4.78, 5) is 23.9. The largest absolute Gasteiger partial charge is 0.340 e. The molecule has 23 heavy (non-hydrogen) atoms. The topological polar surface area (TPSA) is 46.1 Å². The molecule has 0 radical (unpaired) electrons. The molecule has 0 saturated heterocycles. The van der Waals surface area contributed by atoms with Crippen LogP contribution in [0, 0.1) is 6.92 Å². The van der Waals surface area contributed by atoms with Gasteiger partial charge in [-0.05, 0) is 30.0 Å². The highest BCUT2D eigenvalue weighted by atomic mass is 32.2. The van der Waals surface area contributed by atoms with Gasteiger partial charge in [-0.2, -0.15) is 0 Å². The van der Waals surface area contributed by atoms with Crippen molar-refractivity contribution in [1.82, 2.24) is 14.9 Å². The number of aryl methyl sites for hydroxylation is 1. The van der Waals surface area contributed by atoms with Crippen molar-refractivity contribution in [2.45, 2.75) is 18.5 Å². The van der Waals surface area contributed by atoms with Crippen molar-refractivity contribution in [3.63, 3.8) is 0 Å². The zero-order chi connectivity index (χ0) is 16.2. The average Bonchev–Trinajstić information content (AvgIpc) is 2.97. The van der Waals surface area contributed by atoms with Crippen molar-refractivity contribution in [3.05, 3.63) is 52.5 Å². The van der Waals surface area contributed by atoms with Gasteiger partial charge in [-0.25, -0.2) is 9.97 Å². The van der Waals surface area contributed by atoms with Gasteiger partial charge < -0.3 is 4.90 Å². The van der Waals surface area contributed by atoms with E-state index in [2.05, 4.69) is 28.3 Å². The average molecular weight is 343 g/mol. The Morgan fingerprint density at radius 1 is 1.26 bits per heavy atom. The highest BCUT2D eigenvalue weighted by Gasteiger charge is 2.13. The lowest BCUT2D eigenvalue weighted by molar-refractivity contribution is -0.127. The van der Waals surface area contributed by atoms with Crippen molar-refractivity contribution in [3.8, 4) is 0 Å². The lowest BCUT2D eigenvalue weighted by Gasteiger charge is -2.16. The number of carbonyl (C=O) groups excluding carboxylic acids is 1. The van der Waals surface area contributed by atoms with E-state index in [1.165, 1.54) is 22.2 Å². The predicted molar refractivity (Wildman–Crippen MR) is 95.8 cm³/mol. The van der Waals surface area contributed by atoms with Crippen LogP contribution in [-0.4, -0.2) is 33.6 Å². The van der Waals surface area contributed by atoms with Gasteiger partial charge in [0.2, 0.25) is 5.91 Å². The molecule has 0 unspecified atom stereocenters. The smallest absolute Gasteiger partial charge is 0.233 e. The third-order valence-corrected chi connectivity index (χ3v) is 5.61. The first-order valence-corrected chi connectivity index (χ1v) is 9.11. The van der Waals surface area contributed by atoms with Gasteiger partial charge in [0.05, 0.1) is 17.8 Å².